The first-order valence-corrected chi connectivity index (χ1v) is 11.5. The Balaban J connectivity index is 1.68. The zero-order chi connectivity index (χ0) is 24.0. The molecule has 2 aliphatic rings. The van der Waals surface area contributed by atoms with Gasteiger partial charge < -0.3 is 24.0 Å². The monoisotopic (exact) mass is 456 g/mol. The molecule has 2 saturated heterocycles. The molecule has 0 N–H and O–H groups in total. The molecule has 2 fully saturated rings. The number of piperidine rings is 1. The van der Waals surface area contributed by atoms with Crippen molar-refractivity contribution in [3.63, 3.8) is 0 Å². The summed E-state index contributed by atoms with van der Waals surface area (Å²) in [7, 11) is 0. The fraction of sp³-hybridized carbons (Fsp3) is 0.538. The van der Waals surface area contributed by atoms with E-state index in [1.54, 1.807) is 9.80 Å². The van der Waals surface area contributed by atoms with Gasteiger partial charge in [0.05, 0.1) is 32.4 Å². The van der Waals surface area contributed by atoms with Crippen LogP contribution in [-0.2, 0) is 25.6 Å². The number of rotatable bonds is 5. The smallest absolute Gasteiger partial charge is 0.410 e. The van der Waals surface area contributed by atoms with Crippen LogP contribution in [0, 0.1) is 0 Å². The van der Waals surface area contributed by atoms with Crippen LogP contribution >= 0.6 is 0 Å². The van der Waals surface area contributed by atoms with Crippen LogP contribution in [0.25, 0.3) is 0 Å². The van der Waals surface area contributed by atoms with Crippen LogP contribution in [0.4, 0.5) is 4.79 Å². The molecular formula is C26H36N2O5. The van der Waals surface area contributed by atoms with Crippen molar-refractivity contribution in [1.29, 1.82) is 0 Å². The molecule has 0 aromatic heterocycles. The summed E-state index contributed by atoms with van der Waals surface area (Å²) < 4.78 is 17.6. The van der Waals surface area contributed by atoms with Crippen LogP contribution in [0.15, 0.2) is 54.1 Å². The Morgan fingerprint density at radius 1 is 1.18 bits per heavy atom. The number of ether oxygens (including phenoxy) is 3. The number of amides is 2. The van der Waals surface area contributed by atoms with Crippen molar-refractivity contribution >= 4 is 12.0 Å². The predicted molar refractivity (Wildman–Crippen MR) is 127 cm³/mol. The van der Waals surface area contributed by atoms with Crippen LogP contribution in [0.5, 0.6) is 0 Å². The average Bonchev–Trinajstić information content (AvgIpc) is 2.78. The molecule has 180 valence electrons. The maximum absolute atomic E-state index is 13.3. The Bertz CT molecular complexity index is 874. The molecule has 33 heavy (non-hydrogen) atoms. The highest BCUT2D eigenvalue weighted by molar-refractivity contribution is 5.83. The maximum atomic E-state index is 13.3. The van der Waals surface area contributed by atoms with Gasteiger partial charge in [-0.2, -0.15) is 0 Å². The summed E-state index contributed by atoms with van der Waals surface area (Å²) in [6.07, 6.45) is 1.10. The van der Waals surface area contributed by atoms with Crippen LogP contribution in [0.1, 0.15) is 39.7 Å². The molecule has 2 amide bonds. The molecule has 2 atom stereocenters. The van der Waals surface area contributed by atoms with E-state index in [0.717, 1.165) is 23.1 Å². The molecule has 2 unspecified atom stereocenters. The van der Waals surface area contributed by atoms with E-state index in [1.165, 1.54) is 0 Å². The molecule has 1 aromatic carbocycles. The van der Waals surface area contributed by atoms with E-state index in [4.69, 9.17) is 14.2 Å². The predicted octanol–water partition coefficient (Wildman–Crippen LogP) is 3.94. The second kappa shape index (κ2) is 11.0. The topological polar surface area (TPSA) is 68.3 Å². The third kappa shape index (κ3) is 7.17. The third-order valence-electron chi connectivity index (χ3n) is 5.67. The maximum Gasteiger partial charge on any atom is 0.410 e. The molecular weight excluding hydrogens is 420 g/mol. The lowest BCUT2D eigenvalue weighted by atomic mass is 9.98. The lowest BCUT2D eigenvalue weighted by Crippen LogP contribution is -2.57. The summed E-state index contributed by atoms with van der Waals surface area (Å²) in [4.78, 5) is 29.5. The van der Waals surface area contributed by atoms with E-state index in [-0.39, 0.29) is 19.1 Å². The number of hydrogen-bond donors (Lipinski definition) is 0. The molecule has 7 heteroatoms. The number of benzene rings is 1. The number of carbonyl (C=O) groups excluding carboxylic acids is 2. The van der Waals surface area contributed by atoms with Gasteiger partial charge in [0.15, 0.2) is 6.10 Å². The quantitative estimate of drug-likeness (QED) is 0.671. The normalized spacial score (nSPS) is 23.0. The Morgan fingerprint density at radius 2 is 1.91 bits per heavy atom. The van der Waals surface area contributed by atoms with E-state index >= 15 is 0 Å². The third-order valence-corrected chi connectivity index (χ3v) is 5.67. The lowest BCUT2D eigenvalue weighted by Gasteiger charge is -2.40. The summed E-state index contributed by atoms with van der Waals surface area (Å²) in [5.74, 6) is -0.122. The molecule has 1 aromatic rings. The second-order valence-electron chi connectivity index (χ2n) is 9.56. The number of allylic oxidation sites excluding steroid dienone is 1. The molecule has 0 radical (unpaired) electrons. The van der Waals surface area contributed by atoms with Crippen molar-refractivity contribution in [2.24, 2.45) is 0 Å². The Morgan fingerprint density at radius 3 is 2.58 bits per heavy atom. The van der Waals surface area contributed by atoms with Gasteiger partial charge in [-0.3, -0.25) is 4.79 Å². The van der Waals surface area contributed by atoms with E-state index in [0.29, 0.717) is 26.2 Å². The Labute approximate surface area is 197 Å². The molecule has 0 spiro atoms. The highest BCUT2D eigenvalue weighted by Gasteiger charge is 2.39. The zero-order valence-electron chi connectivity index (χ0n) is 20.2. The van der Waals surface area contributed by atoms with Gasteiger partial charge in [-0.05, 0) is 50.8 Å². The van der Waals surface area contributed by atoms with E-state index in [9.17, 15) is 9.59 Å². The summed E-state index contributed by atoms with van der Waals surface area (Å²) >= 11 is 0. The van der Waals surface area contributed by atoms with Crippen LogP contribution < -0.4 is 0 Å². The lowest BCUT2D eigenvalue weighted by molar-refractivity contribution is -0.161. The SMILES string of the molecule is C=C1CCN(C(=O)C2CN(C(=O)OC(C)(C)C)CC(COCc3ccccc3)O2)C/C1=C\C. The van der Waals surface area contributed by atoms with Gasteiger partial charge in [0.1, 0.15) is 5.60 Å². The summed E-state index contributed by atoms with van der Waals surface area (Å²) in [5, 5.41) is 0. The largest absolute Gasteiger partial charge is 0.444 e. The van der Waals surface area contributed by atoms with E-state index in [2.05, 4.69) is 6.58 Å². The minimum absolute atomic E-state index is 0.122. The van der Waals surface area contributed by atoms with Gasteiger partial charge in [0.2, 0.25) is 0 Å². The van der Waals surface area contributed by atoms with Gasteiger partial charge in [0, 0.05) is 13.1 Å². The number of likely N-dealkylation sites (tertiary alicyclic amines) is 1. The molecule has 0 aliphatic carbocycles. The second-order valence-corrected chi connectivity index (χ2v) is 9.56. The van der Waals surface area contributed by atoms with E-state index in [1.807, 2.05) is 64.1 Å². The molecule has 3 rings (SSSR count). The minimum atomic E-state index is -0.763. The Hall–Kier alpha value is -2.64. The fourth-order valence-electron chi connectivity index (χ4n) is 3.94. The van der Waals surface area contributed by atoms with Gasteiger partial charge >= 0.3 is 6.09 Å². The van der Waals surface area contributed by atoms with Crippen molar-refractivity contribution < 1.29 is 23.8 Å². The van der Waals surface area contributed by atoms with Crippen molar-refractivity contribution in [2.45, 2.75) is 58.5 Å². The van der Waals surface area contributed by atoms with Gasteiger partial charge in [0.25, 0.3) is 5.91 Å². The van der Waals surface area contributed by atoms with Crippen LogP contribution in [0.3, 0.4) is 0 Å². The highest BCUT2D eigenvalue weighted by Crippen LogP contribution is 2.24. The number of nitrogens with zero attached hydrogens (tertiary/aromatic N) is 2. The first-order valence-electron chi connectivity index (χ1n) is 11.5. The summed E-state index contributed by atoms with van der Waals surface area (Å²) in [6, 6.07) is 9.86. The number of morpholine rings is 1. The Kier molecular flexibility index (Phi) is 8.32. The number of carbonyl (C=O) groups is 2. The van der Waals surface area contributed by atoms with Crippen molar-refractivity contribution in [3.8, 4) is 0 Å². The van der Waals surface area contributed by atoms with Crippen molar-refractivity contribution in [1.82, 2.24) is 9.80 Å². The summed E-state index contributed by atoms with van der Waals surface area (Å²) in [6.45, 7) is 13.8. The summed E-state index contributed by atoms with van der Waals surface area (Å²) in [5.41, 5.74) is 2.56. The first-order chi connectivity index (χ1) is 15.7. The average molecular weight is 457 g/mol. The first kappa shape index (κ1) is 25.0. The standard InChI is InChI=1S/C26H36N2O5/c1-6-21-14-27(13-12-19(21)2)24(29)23-16-28(25(30)33-26(3,4)5)15-22(32-23)18-31-17-20-10-8-7-9-11-20/h6-11,22-23H,2,12-18H2,1,3-5H3/b21-6+. The minimum Gasteiger partial charge on any atom is -0.444 e. The van der Waals surface area contributed by atoms with Crippen LogP contribution in [-0.4, -0.2) is 72.4 Å². The zero-order valence-corrected chi connectivity index (χ0v) is 20.2. The molecule has 0 bridgehead atoms. The van der Waals surface area contributed by atoms with Gasteiger partial charge in [-0.25, -0.2) is 4.79 Å². The van der Waals surface area contributed by atoms with Gasteiger partial charge in [-0.15, -0.1) is 0 Å². The molecule has 2 aliphatic heterocycles. The van der Waals surface area contributed by atoms with E-state index < -0.39 is 23.9 Å². The molecule has 0 saturated carbocycles. The van der Waals surface area contributed by atoms with Gasteiger partial charge in [-0.1, -0.05) is 43.0 Å². The number of hydrogen-bond acceptors (Lipinski definition) is 5. The highest BCUT2D eigenvalue weighted by atomic mass is 16.6. The fourth-order valence-corrected chi connectivity index (χ4v) is 3.94. The van der Waals surface area contributed by atoms with Crippen molar-refractivity contribution in [2.75, 3.05) is 32.8 Å². The molecule has 2 heterocycles. The van der Waals surface area contributed by atoms with Crippen molar-refractivity contribution in [3.05, 3.63) is 59.7 Å². The molecule has 7 nitrogen and oxygen atoms in total. The van der Waals surface area contributed by atoms with Crippen LogP contribution in [0.2, 0.25) is 0 Å².